The lowest BCUT2D eigenvalue weighted by Gasteiger charge is -2.31. The number of hydrogen-bond donors (Lipinski definition) is 1. The monoisotopic (exact) mass is 539 g/mol. The molecular formula is C30H29N5O3S. The lowest BCUT2D eigenvalue weighted by Crippen LogP contribution is -2.44. The van der Waals surface area contributed by atoms with E-state index in [9.17, 15) is 9.59 Å². The van der Waals surface area contributed by atoms with Crippen LogP contribution in [-0.4, -0.2) is 38.3 Å². The standard InChI is InChI=1S/C30H29N5O3S/c1-2-38-24-16-14-23(15-17-24)29(30(37)31-19-22-9-4-3-5-10-22)34(20-25-11-8-18-39-25)28(36)21-35-27-13-7-6-12-26(27)32-33-35/h3-18,29H,2,19-21H2,1H3,(H,31,37)/t29-/m0/s1. The summed E-state index contributed by atoms with van der Waals surface area (Å²) >= 11 is 1.54. The van der Waals surface area contributed by atoms with Gasteiger partial charge in [-0.2, -0.15) is 0 Å². The Bertz CT molecular complexity index is 1520. The molecule has 1 N–H and O–H groups in total. The molecule has 0 saturated heterocycles. The number of hydrogen-bond acceptors (Lipinski definition) is 6. The topological polar surface area (TPSA) is 89.4 Å². The number of thiophene rings is 1. The van der Waals surface area contributed by atoms with Crippen LogP contribution in [-0.2, 0) is 29.2 Å². The highest BCUT2D eigenvalue weighted by Crippen LogP contribution is 2.28. The molecule has 39 heavy (non-hydrogen) atoms. The molecule has 0 aliphatic heterocycles. The van der Waals surface area contributed by atoms with Crippen LogP contribution in [0.2, 0.25) is 0 Å². The highest BCUT2D eigenvalue weighted by atomic mass is 32.1. The number of carbonyl (C=O) groups is 2. The molecule has 3 aromatic carbocycles. The van der Waals surface area contributed by atoms with E-state index in [-0.39, 0.29) is 24.9 Å². The molecule has 8 nitrogen and oxygen atoms in total. The predicted octanol–water partition coefficient (Wildman–Crippen LogP) is 4.98. The van der Waals surface area contributed by atoms with Crippen LogP contribution in [0, 0.1) is 0 Å². The molecule has 0 radical (unpaired) electrons. The molecule has 0 bridgehead atoms. The van der Waals surface area contributed by atoms with E-state index in [1.165, 1.54) is 0 Å². The number of nitrogens with zero attached hydrogens (tertiary/aromatic N) is 4. The lowest BCUT2D eigenvalue weighted by atomic mass is 10.0. The van der Waals surface area contributed by atoms with E-state index >= 15 is 0 Å². The van der Waals surface area contributed by atoms with Gasteiger partial charge in [0.1, 0.15) is 23.9 Å². The van der Waals surface area contributed by atoms with E-state index < -0.39 is 6.04 Å². The molecule has 0 saturated carbocycles. The zero-order valence-electron chi connectivity index (χ0n) is 21.6. The van der Waals surface area contributed by atoms with Gasteiger partial charge in [0.05, 0.1) is 18.7 Å². The van der Waals surface area contributed by atoms with Crippen molar-refractivity contribution in [1.29, 1.82) is 0 Å². The number of fused-ring (bicyclic) bond motifs is 1. The highest BCUT2D eigenvalue weighted by molar-refractivity contribution is 7.09. The summed E-state index contributed by atoms with van der Waals surface area (Å²) in [6.07, 6.45) is 0. The van der Waals surface area contributed by atoms with Gasteiger partial charge in [0.2, 0.25) is 11.8 Å². The Labute approximate surface area is 230 Å². The number of amides is 2. The fraction of sp³-hybridized carbons (Fsp3) is 0.200. The van der Waals surface area contributed by atoms with Crippen LogP contribution in [0.15, 0.2) is 96.4 Å². The number of aromatic nitrogens is 3. The van der Waals surface area contributed by atoms with Gasteiger partial charge in [0.15, 0.2) is 0 Å². The average Bonchev–Trinajstić information content (AvgIpc) is 3.63. The van der Waals surface area contributed by atoms with Crippen LogP contribution in [0.5, 0.6) is 5.75 Å². The van der Waals surface area contributed by atoms with Crippen molar-refractivity contribution in [2.45, 2.75) is 32.6 Å². The fourth-order valence-corrected chi connectivity index (χ4v) is 5.12. The molecule has 0 aliphatic rings. The number of ether oxygens (including phenoxy) is 1. The fourth-order valence-electron chi connectivity index (χ4n) is 4.41. The van der Waals surface area contributed by atoms with Gasteiger partial charge in [0.25, 0.3) is 0 Å². The zero-order valence-corrected chi connectivity index (χ0v) is 22.4. The van der Waals surface area contributed by atoms with E-state index in [2.05, 4.69) is 15.6 Å². The average molecular weight is 540 g/mol. The molecule has 0 unspecified atom stereocenters. The van der Waals surface area contributed by atoms with E-state index in [0.717, 1.165) is 16.0 Å². The normalized spacial score (nSPS) is 11.7. The van der Waals surface area contributed by atoms with Crippen molar-refractivity contribution in [3.63, 3.8) is 0 Å². The molecule has 9 heteroatoms. The van der Waals surface area contributed by atoms with Gasteiger partial charge in [-0.25, -0.2) is 4.68 Å². The Hall–Kier alpha value is -4.50. The first kappa shape index (κ1) is 26.1. The smallest absolute Gasteiger partial charge is 0.247 e. The summed E-state index contributed by atoms with van der Waals surface area (Å²) in [6, 6.07) is 27.6. The van der Waals surface area contributed by atoms with Gasteiger partial charge in [-0.3, -0.25) is 9.59 Å². The quantitative estimate of drug-likeness (QED) is 0.256. The number of para-hydroxylation sites is 1. The van der Waals surface area contributed by atoms with Crippen molar-refractivity contribution >= 4 is 34.2 Å². The highest BCUT2D eigenvalue weighted by Gasteiger charge is 2.32. The molecule has 198 valence electrons. The number of nitrogens with one attached hydrogen (secondary N) is 1. The van der Waals surface area contributed by atoms with Crippen LogP contribution >= 0.6 is 11.3 Å². The van der Waals surface area contributed by atoms with Crippen molar-refractivity contribution in [3.8, 4) is 5.75 Å². The van der Waals surface area contributed by atoms with Gasteiger partial charge < -0.3 is 15.0 Å². The molecule has 0 fully saturated rings. The Morgan fingerprint density at radius 2 is 1.74 bits per heavy atom. The van der Waals surface area contributed by atoms with Gasteiger partial charge in [-0.1, -0.05) is 65.9 Å². The van der Waals surface area contributed by atoms with Gasteiger partial charge in [-0.15, -0.1) is 16.4 Å². The number of carbonyl (C=O) groups excluding carboxylic acids is 2. The third-order valence-corrected chi connectivity index (χ3v) is 7.17. The SMILES string of the molecule is CCOc1ccc([C@@H](C(=O)NCc2ccccc2)N(Cc2cccs2)C(=O)Cn2nnc3ccccc32)cc1. The first-order chi connectivity index (χ1) is 19.1. The molecule has 5 aromatic rings. The Morgan fingerprint density at radius 3 is 2.49 bits per heavy atom. The van der Waals surface area contributed by atoms with Crippen LogP contribution in [0.25, 0.3) is 11.0 Å². The van der Waals surface area contributed by atoms with E-state index in [1.807, 2.05) is 103 Å². The lowest BCUT2D eigenvalue weighted by molar-refractivity contribution is -0.142. The molecule has 2 heterocycles. The van der Waals surface area contributed by atoms with Crippen LogP contribution < -0.4 is 10.1 Å². The molecule has 2 aromatic heterocycles. The van der Waals surface area contributed by atoms with Crippen molar-refractivity contribution < 1.29 is 14.3 Å². The second kappa shape index (κ2) is 12.4. The zero-order chi connectivity index (χ0) is 27.0. The Morgan fingerprint density at radius 1 is 0.974 bits per heavy atom. The molecule has 0 aliphatic carbocycles. The summed E-state index contributed by atoms with van der Waals surface area (Å²) in [5, 5.41) is 13.4. The molecule has 5 rings (SSSR count). The van der Waals surface area contributed by atoms with E-state index in [0.29, 0.717) is 30.0 Å². The summed E-state index contributed by atoms with van der Waals surface area (Å²) in [4.78, 5) is 30.4. The molecular weight excluding hydrogens is 510 g/mol. The van der Waals surface area contributed by atoms with Crippen molar-refractivity contribution in [3.05, 3.63) is 112 Å². The van der Waals surface area contributed by atoms with Crippen LogP contribution in [0.1, 0.15) is 29.0 Å². The number of benzene rings is 3. The minimum absolute atomic E-state index is 0.0502. The number of rotatable bonds is 11. The summed E-state index contributed by atoms with van der Waals surface area (Å²) in [7, 11) is 0. The van der Waals surface area contributed by atoms with Gasteiger partial charge in [-0.05, 0) is 53.8 Å². The first-order valence-electron chi connectivity index (χ1n) is 12.8. The minimum Gasteiger partial charge on any atom is -0.494 e. The summed E-state index contributed by atoms with van der Waals surface area (Å²) in [6.45, 7) is 3.03. The summed E-state index contributed by atoms with van der Waals surface area (Å²) in [5.74, 6) is 0.194. The van der Waals surface area contributed by atoms with E-state index in [1.54, 1.807) is 20.9 Å². The van der Waals surface area contributed by atoms with Crippen molar-refractivity contribution in [2.75, 3.05) is 6.61 Å². The van der Waals surface area contributed by atoms with Crippen LogP contribution in [0.3, 0.4) is 0 Å². The van der Waals surface area contributed by atoms with Gasteiger partial charge in [0, 0.05) is 11.4 Å². The third kappa shape index (κ3) is 6.32. The minimum atomic E-state index is -0.867. The van der Waals surface area contributed by atoms with E-state index in [4.69, 9.17) is 4.74 Å². The summed E-state index contributed by atoms with van der Waals surface area (Å²) < 4.78 is 7.19. The van der Waals surface area contributed by atoms with Gasteiger partial charge >= 0.3 is 0 Å². The maximum atomic E-state index is 14.0. The second-order valence-corrected chi connectivity index (χ2v) is 9.98. The molecule has 0 spiro atoms. The molecule has 2 amide bonds. The Kier molecular flexibility index (Phi) is 8.28. The Balaban J connectivity index is 1.49. The summed E-state index contributed by atoms with van der Waals surface area (Å²) in [5.41, 5.74) is 3.13. The maximum Gasteiger partial charge on any atom is 0.247 e. The predicted molar refractivity (Wildman–Crippen MR) is 151 cm³/mol. The molecule has 1 atom stereocenters. The van der Waals surface area contributed by atoms with Crippen molar-refractivity contribution in [2.24, 2.45) is 0 Å². The largest absolute Gasteiger partial charge is 0.494 e. The van der Waals surface area contributed by atoms with Crippen molar-refractivity contribution in [1.82, 2.24) is 25.2 Å². The first-order valence-corrected chi connectivity index (χ1v) is 13.6. The third-order valence-electron chi connectivity index (χ3n) is 6.31. The second-order valence-electron chi connectivity index (χ2n) is 8.94. The van der Waals surface area contributed by atoms with Crippen LogP contribution in [0.4, 0.5) is 0 Å². The maximum absolute atomic E-state index is 14.0.